The Balaban J connectivity index is 1.24. The molecule has 9 heteroatoms. The van der Waals surface area contributed by atoms with Crippen molar-refractivity contribution in [3.05, 3.63) is 66.2 Å². The van der Waals surface area contributed by atoms with Gasteiger partial charge in [-0.1, -0.05) is 36.8 Å². The number of rotatable bonds is 9. The Labute approximate surface area is 242 Å². The van der Waals surface area contributed by atoms with Gasteiger partial charge in [0.05, 0.1) is 26.0 Å². The van der Waals surface area contributed by atoms with Crippen molar-refractivity contribution in [3.8, 4) is 22.8 Å². The maximum Gasteiger partial charge on any atom is 0.242 e. The molecule has 1 aliphatic heterocycles. The molecule has 2 aliphatic rings. The predicted octanol–water partition coefficient (Wildman–Crippen LogP) is 4.59. The van der Waals surface area contributed by atoms with Crippen LogP contribution in [0.1, 0.15) is 44.2 Å². The number of carbonyl (C=O) groups is 2. The Kier molecular flexibility index (Phi) is 9.01. The molecule has 1 aliphatic carbocycles. The summed E-state index contributed by atoms with van der Waals surface area (Å²) in [5.74, 6) is 2.28. The lowest BCUT2D eigenvalue weighted by molar-refractivity contribution is -0.146. The van der Waals surface area contributed by atoms with E-state index in [1.807, 2.05) is 72.5 Å². The lowest BCUT2D eigenvalue weighted by Crippen LogP contribution is -2.47. The van der Waals surface area contributed by atoms with E-state index in [1.165, 1.54) is 0 Å². The molecule has 41 heavy (non-hydrogen) atoms. The van der Waals surface area contributed by atoms with Gasteiger partial charge in [0.2, 0.25) is 11.8 Å². The van der Waals surface area contributed by atoms with Crippen LogP contribution in [0.3, 0.4) is 0 Å². The Morgan fingerprint density at radius 1 is 0.927 bits per heavy atom. The van der Waals surface area contributed by atoms with Gasteiger partial charge in [-0.25, -0.2) is 0 Å². The number of carbonyl (C=O) groups excluding carboxylic acids is 2. The number of ether oxygens (including phenoxy) is 2. The number of aromatic nitrogens is 2. The molecular weight excluding hydrogens is 518 g/mol. The molecule has 216 valence electrons. The number of methoxy groups -OCH3 is 2. The number of amides is 2. The normalized spacial score (nSPS) is 16.4. The molecule has 0 radical (unpaired) electrons. The summed E-state index contributed by atoms with van der Waals surface area (Å²) in [4.78, 5) is 32.8. The molecule has 1 atom stereocenters. The van der Waals surface area contributed by atoms with Crippen molar-refractivity contribution < 1.29 is 19.1 Å². The van der Waals surface area contributed by atoms with Crippen LogP contribution in [-0.4, -0.2) is 78.8 Å². The first-order valence-corrected chi connectivity index (χ1v) is 14.4. The zero-order valence-electron chi connectivity index (χ0n) is 24.2. The molecule has 2 fully saturated rings. The first-order chi connectivity index (χ1) is 20.0. The molecular formula is C32H39N5O4. The average Bonchev–Trinajstić information content (AvgIpc) is 3.25. The van der Waals surface area contributed by atoms with Crippen molar-refractivity contribution in [1.29, 1.82) is 0 Å². The maximum atomic E-state index is 13.5. The Morgan fingerprint density at radius 2 is 1.73 bits per heavy atom. The highest BCUT2D eigenvalue weighted by atomic mass is 16.5. The largest absolute Gasteiger partial charge is 0.497 e. The molecule has 9 nitrogen and oxygen atoms in total. The summed E-state index contributed by atoms with van der Waals surface area (Å²) in [5, 5.41) is 8.98. The second-order valence-corrected chi connectivity index (χ2v) is 10.7. The summed E-state index contributed by atoms with van der Waals surface area (Å²) in [7, 11) is 3.24. The van der Waals surface area contributed by atoms with Gasteiger partial charge in [-0.3, -0.25) is 9.59 Å². The fourth-order valence-electron chi connectivity index (χ4n) is 5.50. The smallest absolute Gasteiger partial charge is 0.242 e. The molecule has 3 aromatic rings. The summed E-state index contributed by atoms with van der Waals surface area (Å²) in [5.41, 5.74) is 2.60. The van der Waals surface area contributed by atoms with E-state index >= 15 is 0 Å². The predicted molar refractivity (Wildman–Crippen MR) is 158 cm³/mol. The Hall–Kier alpha value is -4.14. The van der Waals surface area contributed by atoms with E-state index in [4.69, 9.17) is 9.47 Å². The molecule has 1 saturated carbocycles. The highest BCUT2D eigenvalue weighted by Crippen LogP contribution is 2.33. The summed E-state index contributed by atoms with van der Waals surface area (Å²) < 4.78 is 10.8. The van der Waals surface area contributed by atoms with Gasteiger partial charge in [0.1, 0.15) is 18.0 Å². The van der Waals surface area contributed by atoms with Crippen molar-refractivity contribution in [3.63, 3.8) is 0 Å². The van der Waals surface area contributed by atoms with Gasteiger partial charge in [0.15, 0.2) is 5.82 Å². The number of anilines is 1. The Morgan fingerprint density at radius 3 is 2.39 bits per heavy atom. The highest BCUT2D eigenvalue weighted by Gasteiger charge is 2.34. The van der Waals surface area contributed by atoms with Crippen molar-refractivity contribution in [2.75, 3.05) is 51.8 Å². The monoisotopic (exact) mass is 557 g/mol. The van der Waals surface area contributed by atoms with Crippen LogP contribution in [0, 0.1) is 5.92 Å². The van der Waals surface area contributed by atoms with Crippen LogP contribution in [0.4, 0.5) is 5.82 Å². The third kappa shape index (κ3) is 6.45. The maximum absolute atomic E-state index is 13.5. The first-order valence-electron chi connectivity index (χ1n) is 14.4. The van der Waals surface area contributed by atoms with Crippen LogP contribution in [0.15, 0.2) is 60.7 Å². The fourth-order valence-corrected chi connectivity index (χ4v) is 5.50. The van der Waals surface area contributed by atoms with Crippen molar-refractivity contribution in [1.82, 2.24) is 20.0 Å². The standard InChI is InChI=1S/C32H39N5O4/c1-23(24-9-5-4-6-10-24)37(32(39)25-11-7-12-25)22-31(38)36-18-8-17-35(19-20-36)30-16-15-28(33-34-30)27-14-13-26(40-2)21-29(27)41-3/h4-6,9-10,13-16,21,23,25H,7-8,11-12,17-20,22H2,1-3H3. The minimum absolute atomic E-state index is 0.00432. The third-order valence-electron chi connectivity index (χ3n) is 8.30. The minimum Gasteiger partial charge on any atom is -0.497 e. The minimum atomic E-state index is -0.158. The van der Waals surface area contributed by atoms with E-state index < -0.39 is 0 Å². The average molecular weight is 558 g/mol. The first kappa shape index (κ1) is 28.4. The second-order valence-electron chi connectivity index (χ2n) is 10.7. The van der Waals surface area contributed by atoms with Crippen LogP contribution in [0.25, 0.3) is 11.3 Å². The summed E-state index contributed by atoms with van der Waals surface area (Å²) in [6.07, 6.45) is 3.72. The lowest BCUT2D eigenvalue weighted by atomic mass is 9.84. The van der Waals surface area contributed by atoms with Gasteiger partial charge < -0.3 is 24.2 Å². The quantitative estimate of drug-likeness (QED) is 0.380. The van der Waals surface area contributed by atoms with Gasteiger partial charge in [0, 0.05) is 43.7 Å². The molecule has 1 aromatic heterocycles. The van der Waals surface area contributed by atoms with E-state index in [1.54, 1.807) is 19.1 Å². The van der Waals surface area contributed by atoms with Crippen LogP contribution in [0.5, 0.6) is 11.5 Å². The van der Waals surface area contributed by atoms with Gasteiger partial charge in [-0.2, -0.15) is 0 Å². The van der Waals surface area contributed by atoms with E-state index in [-0.39, 0.29) is 30.3 Å². The third-order valence-corrected chi connectivity index (χ3v) is 8.30. The van der Waals surface area contributed by atoms with Gasteiger partial charge >= 0.3 is 0 Å². The molecule has 0 spiro atoms. The van der Waals surface area contributed by atoms with E-state index in [9.17, 15) is 9.59 Å². The SMILES string of the molecule is COc1ccc(-c2ccc(N3CCCN(C(=O)CN(C(=O)C4CCC4)C(C)c4ccccc4)CC3)nn2)c(OC)c1. The van der Waals surface area contributed by atoms with Crippen LogP contribution >= 0.6 is 0 Å². The van der Waals surface area contributed by atoms with Gasteiger partial charge in [-0.05, 0) is 56.0 Å². The molecule has 2 amide bonds. The zero-order valence-corrected chi connectivity index (χ0v) is 24.2. The number of hydrogen-bond acceptors (Lipinski definition) is 7. The molecule has 1 saturated heterocycles. The van der Waals surface area contributed by atoms with Crippen molar-refractivity contribution >= 4 is 17.6 Å². The van der Waals surface area contributed by atoms with Crippen molar-refractivity contribution in [2.24, 2.45) is 5.92 Å². The molecule has 5 rings (SSSR count). The van der Waals surface area contributed by atoms with E-state index in [2.05, 4.69) is 15.1 Å². The summed E-state index contributed by atoms with van der Waals surface area (Å²) in [6, 6.07) is 19.3. The number of benzene rings is 2. The second kappa shape index (κ2) is 13.0. The zero-order chi connectivity index (χ0) is 28.8. The van der Waals surface area contributed by atoms with Crippen LogP contribution < -0.4 is 14.4 Å². The Bertz CT molecular complexity index is 1330. The fraction of sp³-hybridized carbons (Fsp3) is 0.438. The number of nitrogens with zero attached hydrogens (tertiary/aromatic N) is 5. The molecule has 2 heterocycles. The summed E-state index contributed by atoms with van der Waals surface area (Å²) in [6.45, 7) is 4.76. The molecule has 0 N–H and O–H groups in total. The van der Waals surface area contributed by atoms with E-state index in [0.717, 1.165) is 49.2 Å². The number of hydrogen-bond donors (Lipinski definition) is 0. The summed E-state index contributed by atoms with van der Waals surface area (Å²) >= 11 is 0. The van der Waals surface area contributed by atoms with Crippen LogP contribution in [-0.2, 0) is 9.59 Å². The molecule has 0 bridgehead atoms. The molecule has 1 unspecified atom stereocenters. The van der Waals surface area contributed by atoms with Gasteiger partial charge in [-0.15, -0.1) is 10.2 Å². The van der Waals surface area contributed by atoms with Crippen molar-refractivity contribution in [2.45, 2.75) is 38.6 Å². The topological polar surface area (TPSA) is 88.1 Å². The lowest BCUT2D eigenvalue weighted by Gasteiger charge is -2.36. The van der Waals surface area contributed by atoms with Gasteiger partial charge in [0.25, 0.3) is 0 Å². The highest BCUT2D eigenvalue weighted by molar-refractivity contribution is 5.86. The molecule has 2 aromatic carbocycles. The van der Waals surface area contributed by atoms with E-state index in [0.29, 0.717) is 36.8 Å². The van der Waals surface area contributed by atoms with Crippen LogP contribution in [0.2, 0.25) is 0 Å².